The molecule has 0 bridgehead atoms. The first-order valence-corrected chi connectivity index (χ1v) is 6.55. The standard InChI is InChI=1S/C13H12BrClN2O/c1-18-11-6-5-9(7-10(11)14)8-16-13-4-2-3-12(15)17-13/h2-7H,8H2,1H3,(H,16,17). The highest BCUT2D eigenvalue weighted by Crippen LogP contribution is 2.25. The van der Waals surface area contributed by atoms with Gasteiger partial charge in [0.1, 0.15) is 16.7 Å². The number of hydrogen-bond acceptors (Lipinski definition) is 3. The second-order valence-corrected chi connectivity index (χ2v) is 4.91. The molecule has 0 unspecified atom stereocenters. The summed E-state index contributed by atoms with van der Waals surface area (Å²) >= 11 is 9.27. The smallest absolute Gasteiger partial charge is 0.133 e. The predicted octanol–water partition coefficient (Wildman–Crippen LogP) is 4.12. The molecular weight excluding hydrogens is 316 g/mol. The van der Waals surface area contributed by atoms with E-state index in [-0.39, 0.29) is 0 Å². The average molecular weight is 328 g/mol. The van der Waals surface area contributed by atoms with Crippen LogP contribution in [0.25, 0.3) is 0 Å². The number of rotatable bonds is 4. The average Bonchev–Trinajstić information content (AvgIpc) is 2.37. The van der Waals surface area contributed by atoms with E-state index in [9.17, 15) is 0 Å². The van der Waals surface area contributed by atoms with Gasteiger partial charge in [0, 0.05) is 6.54 Å². The Morgan fingerprint density at radius 1 is 1.33 bits per heavy atom. The molecule has 1 aromatic carbocycles. The van der Waals surface area contributed by atoms with Gasteiger partial charge < -0.3 is 10.1 Å². The van der Waals surface area contributed by atoms with E-state index in [1.165, 1.54) is 0 Å². The lowest BCUT2D eigenvalue weighted by Crippen LogP contribution is -2.01. The Labute approximate surface area is 119 Å². The highest BCUT2D eigenvalue weighted by molar-refractivity contribution is 9.10. The summed E-state index contributed by atoms with van der Waals surface area (Å²) in [6.45, 7) is 0.677. The number of aromatic nitrogens is 1. The molecule has 1 heterocycles. The van der Waals surface area contributed by atoms with Gasteiger partial charge in [-0.05, 0) is 45.8 Å². The Morgan fingerprint density at radius 3 is 2.83 bits per heavy atom. The normalized spacial score (nSPS) is 10.2. The highest BCUT2D eigenvalue weighted by Gasteiger charge is 2.02. The Bertz CT molecular complexity index is 548. The fraction of sp³-hybridized carbons (Fsp3) is 0.154. The van der Waals surface area contributed by atoms with Crippen LogP contribution in [0.5, 0.6) is 5.75 Å². The van der Waals surface area contributed by atoms with Gasteiger partial charge in [0.2, 0.25) is 0 Å². The summed E-state index contributed by atoms with van der Waals surface area (Å²) in [7, 11) is 1.65. The summed E-state index contributed by atoms with van der Waals surface area (Å²) in [4.78, 5) is 4.16. The monoisotopic (exact) mass is 326 g/mol. The van der Waals surface area contributed by atoms with E-state index in [4.69, 9.17) is 16.3 Å². The predicted molar refractivity (Wildman–Crippen MR) is 77.3 cm³/mol. The summed E-state index contributed by atoms with van der Waals surface area (Å²) < 4.78 is 6.12. The number of methoxy groups -OCH3 is 1. The summed E-state index contributed by atoms with van der Waals surface area (Å²) in [6, 6.07) is 11.4. The number of nitrogens with one attached hydrogen (secondary N) is 1. The van der Waals surface area contributed by atoms with Crippen LogP contribution in [-0.2, 0) is 6.54 Å². The molecule has 3 nitrogen and oxygen atoms in total. The summed E-state index contributed by atoms with van der Waals surface area (Å²) in [5, 5.41) is 3.69. The lowest BCUT2D eigenvalue weighted by atomic mass is 10.2. The Morgan fingerprint density at radius 2 is 2.17 bits per heavy atom. The van der Waals surface area contributed by atoms with Crippen molar-refractivity contribution in [3.8, 4) is 5.75 Å². The van der Waals surface area contributed by atoms with Crippen molar-refractivity contribution >= 4 is 33.3 Å². The third kappa shape index (κ3) is 3.37. The minimum Gasteiger partial charge on any atom is -0.496 e. The van der Waals surface area contributed by atoms with Crippen LogP contribution in [0.3, 0.4) is 0 Å². The quantitative estimate of drug-likeness (QED) is 0.858. The van der Waals surface area contributed by atoms with E-state index in [1.807, 2.05) is 30.3 Å². The van der Waals surface area contributed by atoms with Gasteiger partial charge in [-0.15, -0.1) is 0 Å². The van der Waals surface area contributed by atoms with Gasteiger partial charge >= 0.3 is 0 Å². The number of hydrogen-bond donors (Lipinski definition) is 1. The molecule has 18 heavy (non-hydrogen) atoms. The number of nitrogens with zero attached hydrogens (tertiary/aromatic N) is 1. The largest absolute Gasteiger partial charge is 0.496 e. The van der Waals surface area contributed by atoms with E-state index in [0.29, 0.717) is 11.7 Å². The summed E-state index contributed by atoms with van der Waals surface area (Å²) in [5.41, 5.74) is 1.13. The maximum absolute atomic E-state index is 5.82. The topological polar surface area (TPSA) is 34.1 Å². The van der Waals surface area contributed by atoms with Crippen LogP contribution in [0.2, 0.25) is 5.15 Å². The van der Waals surface area contributed by atoms with Crippen LogP contribution in [0.1, 0.15) is 5.56 Å². The fourth-order valence-corrected chi connectivity index (χ4v) is 2.27. The molecule has 5 heteroatoms. The first-order valence-electron chi connectivity index (χ1n) is 5.38. The molecule has 0 spiro atoms. The molecule has 94 valence electrons. The maximum atomic E-state index is 5.82. The van der Waals surface area contributed by atoms with E-state index in [2.05, 4.69) is 26.2 Å². The van der Waals surface area contributed by atoms with Gasteiger partial charge in [0.25, 0.3) is 0 Å². The van der Waals surface area contributed by atoms with Crippen molar-refractivity contribution in [3.63, 3.8) is 0 Å². The van der Waals surface area contributed by atoms with E-state index < -0.39 is 0 Å². The molecule has 0 saturated heterocycles. The molecule has 0 amide bonds. The first-order chi connectivity index (χ1) is 8.69. The molecule has 0 saturated carbocycles. The van der Waals surface area contributed by atoms with Crippen LogP contribution in [-0.4, -0.2) is 12.1 Å². The van der Waals surface area contributed by atoms with Gasteiger partial charge in [-0.25, -0.2) is 4.98 Å². The van der Waals surface area contributed by atoms with Crippen molar-refractivity contribution in [2.24, 2.45) is 0 Å². The number of pyridine rings is 1. The van der Waals surface area contributed by atoms with Crippen molar-refractivity contribution in [3.05, 3.63) is 51.6 Å². The zero-order valence-electron chi connectivity index (χ0n) is 9.78. The molecular formula is C13H12BrClN2O. The van der Waals surface area contributed by atoms with Crippen molar-refractivity contribution in [2.75, 3.05) is 12.4 Å². The van der Waals surface area contributed by atoms with Crippen molar-refractivity contribution in [1.29, 1.82) is 0 Å². The van der Waals surface area contributed by atoms with Gasteiger partial charge in [0.05, 0.1) is 11.6 Å². The van der Waals surface area contributed by atoms with Crippen LogP contribution < -0.4 is 10.1 Å². The van der Waals surface area contributed by atoms with Crippen LogP contribution in [0, 0.1) is 0 Å². The van der Waals surface area contributed by atoms with E-state index >= 15 is 0 Å². The fourth-order valence-electron chi connectivity index (χ4n) is 1.52. The number of halogens is 2. The van der Waals surface area contributed by atoms with Gasteiger partial charge in [-0.1, -0.05) is 23.7 Å². The minimum absolute atomic E-state index is 0.482. The summed E-state index contributed by atoms with van der Waals surface area (Å²) in [6.07, 6.45) is 0. The van der Waals surface area contributed by atoms with Crippen molar-refractivity contribution < 1.29 is 4.74 Å². The second kappa shape index (κ2) is 6.07. The maximum Gasteiger partial charge on any atom is 0.133 e. The van der Waals surface area contributed by atoms with Crippen molar-refractivity contribution in [2.45, 2.75) is 6.54 Å². The second-order valence-electron chi connectivity index (χ2n) is 3.67. The van der Waals surface area contributed by atoms with Crippen LogP contribution in [0.15, 0.2) is 40.9 Å². The van der Waals surface area contributed by atoms with Gasteiger partial charge in [-0.3, -0.25) is 0 Å². The SMILES string of the molecule is COc1ccc(CNc2cccc(Cl)n2)cc1Br. The van der Waals surface area contributed by atoms with E-state index in [0.717, 1.165) is 21.6 Å². The Kier molecular flexibility index (Phi) is 4.44. The van der Waals surface area contributed by atoms with Crippen molar-refractivity contribution in [1.82, 2.24) is 4.98 Å². The molecule has 0 fully saturated rings. The van der Waals surface area contributed by atoms with Crippen LogP contribution in [0.4, 0.5) is 5.82 Å². The lowest BCUT2D eigenvalue weighted by molar-refractivity contribution is 0.412. The van der Waals surface area contributed by atoms with Gasteiger partial charge in [0.15, 0.2) is 0 Å². The first kappa shape index (κ1) is 13.2. The number of ether oxygens (including phenoxy) is 1. The van der Waals surface area contributed by atoms with Crippen LogP contribution >= 0.6 is 27.5 Å². The molecule has 0 aliphatic heterocycles. The molecule has 0 radical (unpaired) electrons. The number of anilines is 1. The summed E-state index contributed by atoms with van der Waals surface area (Å²) in [5.74, 6) is 1.58. The highest BCUT2D eigenvalue weighted by atomic mass is 79.9. The molecule has 1 aromatic heterocycles. The molecule has 0 aliphatic rings. The molecule has 0 atom stereocenters. The molecule has 0 aliphatic carbocycles. The van der Waals surface area contributed by atoms with Gasteiger partial charge in [-0.2, -0.15) is 0 Å². The zero-order valence-corrected chi connectivity index (χ0v) is 12.1. The Hall–Kier alpha value is -1.26. The van der Waals surface area contributed by atoms with E-state index in [1.54, 1.807) is 13.2 Å². The molecule has 2 rings (SSSR count). The number of benzene rings is 1. The zero-order chi connectivity index (χ0) is 13.0. The minimum atomic E-state index is 0.482. The molecule has 1 N–H and O–H groups in total. The molecule has 2 aromatic rings. The third-order valence-corrected chi connectivity index (χ3v) is 3.24. The lowest BCUT2D eigenvalue weighted by Gasteiger charge is -2.08. The third-order valence-electron chi connectivity index (χ3n) is 2.40. The Balaban J connectivity index is 2.04.